The number of rotatable bonds is 10. The second kappa shape index (κ2) is 11.1. The molecule has 1 saturated heterocycles. The summed E-state index contributed by atoms with van der Waals surface area (Å²) in [5.41, 5.74) is 0.189. The highest BCUT2D eigenvalue weighted by Gasteiger charge is 2.37. The van der Waals surface area contributed by atoms with Crippen LogP contribution >= 0.6 is 22.9 Å². The largest absolute Gasteiger partial charge is 0.340 e. The fourth-order valence-electron chi connectivity index (χ4n) is 3.76. The minimum atomic E-state index is -3.77. The Bertz CT molecular complexity index is 1160. The number of anilines is 1. The summed E-state index contributed by atoms with van der Waals surface area (Å²) in [6, 6.07) is 6.47. The average Bonchev–Trinajstić information content (AvgIpc) is 3.37. The highest BCUT2D eigenvalue weighted by Crippen LogP contribution is 2.30. The van der Waals surface area contributed by atoms with Gasteiger partial charge in [0.1, 0.15) is 11.9 Å². The SMILES string of the molecule is CNCCN(C)C(=O)c1ccc(N2CCC(NS(=O)(=O)CC(C)c3ccc(Cl)s3)C2=O)c(F)c1. The maximum absolute atomic E-state index is 14.9. The number of amides is 2. The van der Waals surface area contributed by atoms with Crippen molar-refractivity contribution < 1.29 is 22.4 Å². The van der Waals surface area contributed by atoms with Crippen molar-refractivity contribution in [3.63, 3.8) is 0 Å². The molecule has 3 rings (SSSR count). The fraction of sp³-hybridized carbons (Fsp3) is 0.455. The first-order valence-corrected chi connectivity index (χ1v) is 13.6. The van der Waals surface area contributed by atoms with Gasteiger partial charge in [0.05, 0.1) is 15.8 Å². The van der Waals surface area contributed by atoms with Crippen LogP contribution in [0.25, 0.3) is 0 Å². The molecule has 0 aliphatic carbocycles. The van der Waals surface area contributed by atoms with E-state index in [2.05, 4.69) is 10.0 Å². The van der Waals surface area contributed by atoms with Crippen molar-refractivity contribution in [1.29, 1.82) is 0 Å². The smallest absolute Gasteiger partial charge is 0.253 e. The molecule has 2 unspecified atom stereocenters. The van der Waals surface area contributed by atoms with Crippen LogP contribution in [0, 0.1) is 5.82 Å². The first kappa shape index (κ1) is 26.6. The zero-order valence-corrected chi connectivity index (χ0v) is 21.6. The summed E-state index contributed by atoms with van der Waals surface area (Å²) in [5, 5.41) is 2.94. The number of likely N-dealkylation sites (N-methyl/N-ethyl adjacent to an activating group) is 2. The van der Waals surface area contributed by atoms with Crippen molar-refractivity contribution >= 4 is 50.5 Å². The Morgan fingerprint density at radius 3 is 2.71 bits per heavy atom. The van der Waals surface area contributed by atoms with Crippen LogP contribution in [0.5, 0.6) is 0 Å². The lowest BCUT2D eigenvalue weighted by Gasteiger charge is -2.20. The molecule has 2 heterocycles. The average molecular weight is 531 g/mol. The third kappa shape index (κ3) is 6.33. The topological polar surface area (TPSA) is 98.8 Å². The predicted molar refractivity (Wildman–Crippen MR) is 133 cm³/mol. The van der Waals surface area contributed by atoms with Gasteiger partial charge in [-0.25, -0.2) is 17.5 Å². The Hall–Kier alpha value is -2.05. The van der Waals surface area contributed by atoms with Crippen molar-refractivity contribution in [2.45, 2.75) is 25.3 Å². The van der Waals surface area contributed by atoms with Crippen LogP contribution in [-0.4, -0.2) is 70.7 Å². The molecule has 2 amide bonds. The van der Waals surface area contributed by atoms with Crippen LogP contribution < -0.4 is 14.9 Å². The molecule has 1 aliphatic rings. The normalized spacial score (nSPS) is 17.3. The molecular weight excluding hydrogens is 503 g/mol. The van der Waals surface area contributed by atoms with E-state index in [1.807, 2.05) is 0 Å². The predicted octanol–water partition coefficient (Wildman–Crippen LogP) is 2.66. The number of carbonyl (C=O) groups is 2. The zero-order chi connectivity index (χ0) is 25.0. The number of thiophene rings is 1. The molecule has 8 nitrogen and oxygen atoms in total. The van der Waals surface area contributed by atoms with Crippen molar-refractivity contribution in [3.05, 3.63) is 50.9 Å². The van der Waals surface area contributed by atoms with E-state index >= 15 is 0 Å². The van der Waals surface area contributed by atoms with Crippen molar-refractivity contribution in [3.8, 4) is 0 Å². The number of nitrogens with one attached hydrogen (secondary N) is 2. The van der Waals surface area contributed by atoms with Gasteiger partial charge in [-0.1, -0.05) is 18.5 Å². The summed E-state index contributed by atoms with van der Waals surface area (Å²) in [4.78, 5) is 28.9. The van der Waals surface area contributed by atoms with Gasteiger partial charge in [-0.05, 0) is 43.8 Å². The lowest BCUT2D eigenvalue weighted by atomic mass is 10.1. The molecule has 2 atom stereocenters. The standard InChI is InChI=1S/C22H28ClFN4O4S2/c1-14(19-6-7-20(23)33-19)13-34(31,32)26-17-8-10-28(22(17)30)18-5-4-15(12-16(18)24)21(29)27(3)11-9-25-2/h4-7,12,14,17,25-26H,8-11,13H2,1-3H3. The van der Waals surface area contributed by atoms with E-state index in [-0.39, 0.29) is 41.8 Å². The maximum atomic E-state index is 14.9. The van der Waals surface area contributed by atoms with Crippen LogP contribution in [-0.2, 0) is 14.8 Å². The molecule has 2 aromatic rings. The van der Waals surface area contributed by atoms with E-state index in [1.54, 1.807) is 33.2 Å². The first-order valence-electron chi connectivity index (χ1n) is 10.8. The van der Waals surface area contributed by atoms with E-state index in [4.69, 9.17) is 11.6 Å². The van der Waals surface area contributed by atoms with Crippen molar-refractivity contribution in [1.82, 2.24) is 14.9 Å². The number of benzene rings is 1. The van der Waals surface area contributed by atoms with Crippen molar-refractivity contribution in [2.75, 3.05) is 44.4 Å². The van der Waals surface area contributed by atoms with E-state index in [0.717, 1.165) is 10.9 Å². The van der Waals surface area contributed by atoms with E-state index < -0.39 is 27.8 Å². The van der Waals surface area contributed by atoms with Gasteiger partial charge in [-0.3, -0.25) is 9.59 Å². The summed E-state index contributed by atoms with van der Waals surface area (Å²) >= 11 is 7.24. The molecule has 0 bridgehead atoms. The lowest BCUT2D eigenvalue weighted by molar-refractivity contribution is -0.118. The quantitative estimate of drug-likeness (QED) is 0.492. The Labute approximate surface area is 208 Å². The van der Waals surface area contributed by atoms with E-state index in [1.165, 1.54) is 33.3 Å². The molecule has 2 N–H and O–H groups in total. The number of hydrogen-bond donors (Lipinski definition) is 2. The Kier molecular flexibility index (Phi) is 8.69. The molecule has 1 aliphatic heterocycles. The van der Waals surface area contributed by atoms with Gasteiger partial charge >= 0.3 is 0 Å². The van der Waals surface area contributed by atoms with Gasteiger partial charge < -0.3 is 15.1 Å². The second-order valence-electron chi connectivity index (χ2n) is 8.27. The number of nitrogens with zero attached hydrogens (tertiary/aromatic N) is 2. The lowest BCUT2D eigenvalue weighted by Crippen LogP contribution is -2.43. The van der Waals surface area contributed by atoms with Crippen LogP contribution in [0.4, 0.5) is 10.1 Å². The molecule has 0 saturated carbocycles. The highest BCUT2D eigenvalue weighted by molar-refractivity contribution is 7.89. The Balaban J connectivity index is 1.66. The molecule has 186 valence electrons. The minimum absolute atomic E-state index is 0.0164. The van der Waals surface area contributed by atoms with Crippen LogP contribution in [0.15, 0.2) is 30.3 Å². The number of hydrogen-bond acceptors (Lipinski definition) is 6. The molecule has 12 heteroatoms. The number of carbonyl (C=O) groups excluding carboxylic acids is 2. The first-order chi connectivity index (χ1) is 16.0. The summed E-state index contributed by atoms with van der Waals surface area (Å²) in [6.07, 6.45) is 0.212. The van der Waals surface area contributed by atoms with Gasteiger partial charge in [0.25, 0.3) is 5.91 Å². The summed E-state index contributed by atoms with van der Waals surface area (Å²) < 4.78 is 43.2. The van der Waals surface area contributed by atoms with Gasteiger partial charge in [-0.2, -0.15) is 0 Å². The summed E-state index contributed by atoms with van der Waals surface area (Å²) in [5.74, 6) is -2.07. The molecule has 1 aromatic heterocycles. The van der Waals surface area contributed by atoms with Crippen molar-refractivity contribution in [2.24, 2.45) is 0 Å². The molecule has 34 heavy (non-hydrogen) atoms. The van der Waals surface area contributed by atoms with Gasteiger partial charge in [0, 0.05) is 43.0 Å². The molecular formula is C22H28ClFN4O4S2. The minimum Gasteiger partial charge on any atom is -0.340 e. The van der Waals surface area contributed by atoms with E-state index in [0.29, 0.717) is 17.4 Å². The molecule has 1 fully saturated rings. The zero-order valence-electron chi connectivity index (χ0n) is 19.2. The van der Waals surface area contributed by atoms with E-state index in [9.17, 15) is 22.4 Å². The maximum Gasteiger partial charge on any atom is 0.253 e. The summed E-state index contributed by atoms with van der Waals surface area (Å²) in [6.45, 7) is 3.00. The number of sulfonamides is 1. The highest BCUT2D eigenvalue weighted by atomic mass is 35.5. The molecule has 0 spiro atoms. The summed E-state index contributed by atoms with van der Waals surface area (Å²) in [7, 11) is -0.374. The Morgan fingerprint density at radius 2 is 2.09 bits per heavy atom. The third-order valence-electron chi connectivity index (χ3n) is 5.61. The Morgan fingerprint density at radius 1 is 1.35 bits per heavy atom. The van der Waals surface area contributed by atoms with Crippen LogP contribution in [0.2, 0.25) is 4.34 Å². The van der Waals surface area contributed by atoms with Gasteiger partial charge in [0.15, 0.2) is 0 Å². The van der Waals surface area contributed by atoms with Gasteiger partial charge in [-0.15, -0.1) is 11.3 Å². The van der Waals surface area contributed by atoms with Gasteiger partial charge in [0.2, 0.25) is 15.9 Å². The fourth-order valence-corrected chi connectivity index (χ4v) is 6.56. The third-order valence-corrected chi connectivity index (χ3v) is 8.65. The van der Waals surface area contributed by atoms with Crippen LogP contribution in [0.1, 0.15) is 34.5 Å². The van der Waals surface area contributed by atoms with Crippen LogP contribution in [0.3, 0.4) is 0 Å². The second-order valence-corrected chi connectivity index (χ2v) is 11.8. The molecule has 0 radical (unpaired) electrons. The monoisotopic (exact) mass is 530 g/mol. The number of halogens is 2. The molecule has 1 aromatic carbocycles.